The molecule has 2 heterocycles. The van der Waals surface area contributed by atoms with Crippen molar-refractivity contribution in [1.82, 2.24) is 19.9 Å². The minimum absolute atomic E-state index is 0.209. The molecule has 0 bridgehead atoms. The van der Waals surface area contributed by atoms with Crippen LogP contribution < -0.4 is 15.4 Å². The number of para-hydroxylation sites is 1. The molecule has 7 heteroatoms. The number of nitrogens with zero attached hydrogens (tertiary/aromatic N) is 3. The number of rotatable bonds is 7. The number of benzene rings is 2. The standard InChI is InChI=1S/C23H21N5O2/c1-30-19-10-8-18(9-11-19)27-22-20(6-4-12-25-22)23(29)26-15-17-5-2-3-7-21(17)28-14-13-24-16-28/h2-14,16H,15H2,1H3,(H,25,27)(H,26,29). The molecule has 0 aliphatic heterocycles. The first-order chi connectivity index (χ1) is 14.7. The Kier molecular flexibility index (Phi) is 5.70. The van der Waals surface area contributed by atoms with Gasteiger partial charge in [-0.15, -0.1) is 0 Å². The minimum atomic E-state index is -0.209. The maximum absolute atomic E-state index is 12.9. The quantitative estimate of drug-likeness (QED) is 0.492. The average molecular weight is 399 g/mol. The highest BCUT2D eigenvalue weighted by Crippen LogP contribution is 2.21. The first-order valence-corrected chi connectivity index (χ1v) is 9.45. The van der Waals surface area contributed by atoms with Gasteiger partial charge in [-0.25, -0.2) is 9.97 Å². The molecule has 0 aliphatic carbocycles. The number of carbonyl (C=O) groups is 1. The summed E-state index contributed by atoms with van der Waals surface area (Å²) >= 11 is 0. The minimum Gasteiger partial charge on any atom is -0.497 e. The van der Waals surface area contributed by atoms with Crippen molar-refractivity contribution >= 4 is 17.4 Å². The van der Waals surface area contributed by atoms with E-state index in [0.717, 1.165) is 22.7 Å². The van der Waals surface area contributed by atoms with Gasteiger partial charge in [-0.1, -0.05) is 18.2 Å². The molecular weight excluding hydrogens is 378 g/mol. The van der Waals surface area contributed by atoms with E-state index in [1.54, 1.807) is 38.0 Å². The molecule has 0 spiro atoms. The summed E-state index contributed by atoms with van der Waals surface area (Å²) in [7, 11) is 1.62. The lowest BCUT2D eigenvalue weighted by molar-refractivity contribution is 0.0951. The molecule has 30 heavy (non-hydrogen) atoms. The van der Waals surface area contributed by atoms with Crippen LogP contribution in [0.1, 0.15) is 15.9 Å². The molecule has 0 radical (unpaired) electrons. The third kappa shape index (κ3) is 4.30. The highest BCUT2D eigenvalue weighted by atomic mass is 16.5. The average Bonchev–Trinajstić information content (AvgIpc) is 3.33. The molecule has 4 aromatic rings. The van der Waals surface area contributed by atoms with Crippen LogP contribution in [0.4, 0.5) is 11.5 Å². The maximum atomic E-state index is 12.9. The number of pyridine rings is 1. The number of amides is 1. The predicted molar refractivity (Wildman–Crippen MR) is 115 cm³/mol. The van der Waals surface area contributed by atoms with Gasteiger partial charge >= 0.3 is 0 Å². The van der Waals surface area contributed by atoms with Gasteiger partial charge in [-0.2, -0.15) is 0 Å². The zero-order chi connectivity index (χ0) is 20.8. The molecule has 2 aromatic carbocycles. The van der Waals surface area contributed by atoms with Crippen molar-refractivity contribution in [1.29, 1.82) is 0 Å². The largest absolute Gasteiger partial charge is 0.497 e. The summed E-state index contributed by atoms with van der Waals surface area (Å²) < 4.78 is 7.10. The summed E-state index contributed by atoms with van der Waals surface area (Å²) in [4.78, 5) is 21.3. The van der Waals surface area contributed by atoms with Crippen LogP contribution in [0.5, 0.6) is 5.75 Å². The molecule has 0 atom stereocenters. The van der Waals surface area contributed by atoms with Gasteiger partial charge in [0, 0.05) is 30.8 Å². The van der Waals surface area contributed by atoms with Crippen molar-refractivity contribution in [2.45, 2.75) is 6.54 Å². The number of hydrogen-bond donors (Lipinski definition) is 2. The number of hydrogen-bond acceptors (Lipinski definition) is 5. The third-order valence-corrected chi connectivity index (χ3v) is 4.62. The number of imidazole rings is 1. The summed E-state index contributed by atoms with van der Waals surface area (Å²) in [6.45, 7) is 0.379. The van der Waals surface area contributed by atoms with Gasteiger partial charge < -0.3 is 19.9 Å². The van der Waals surface area contributed by atoms with E-state index in [4.69, 9.17) is 4.74 Å². The van der Waals surface area contributed by atoms with E-state index >= 15 is 0 Å². The Labute approximate surface area is 174 Å². The highest BCUT2D eigenvalue weighted by Gasteiger charge is 2.13. The summed E-state index contributed by atoms with van der Waals surface area (Å²) in [6, 6.07) is 18.8. The van der Waals surface area contributed by atoms with Crippen LogP contribution in [0.2, 0.25) is 0 Å². The van der Waals surface area contributed by atoms with Crippen molar-refractivity contribution in [2.24, 2.45) is 0 Å². The zero-order valence-corrected chi connectivity index (χ0v) is 16.4. The van der Waals surface area contributed by atoms with Gasteiger partial charge in [0.1, 0.15) is 11.6 Å². The van der Waals surface area contributed by atoms with Gasteiger partial charge in [0.25, 0.3) is 5.91 Å². The number of carbonyl (C=O) groups excluding carboxylic acids is 1. The monoisotopic (exact) mass is 399 g/mol. The Hall–Kier alpha value is -4.13. The molecule has 2 aromatic heterocycles. The topological polar surface area (TPSA) is 81.1 Å². The number of anilines is 2. The molecule has 7 nitrogen and oxygen atoms in total. The summed E-state index contributed by atoms with van der Waals surface area (Å²) in [6.07, 6.45) is 6.98. The van der Waals surface area contributed by atoms with Crippen LogP contribution in [-0.4, -0.2) is 27.6 Å². The normalized spacial score (nSPS) is 10.4. The number of methoxy groups -OCH3 is 1. The Balaban J connectivity index is 1.50. The second-order valence-corrected chi connectivity index (χ2v) is 6.53. The molecule has 1 amide bonds. The van der Waals surface area contributed by atoms with Gasteiger partial charge in [-0.3, -0.25) is 4.79 Å². The van der Waals surface area contributed by atoms with E-state index in [-0.39, 0.29) is 5.91 Å². The summed E-state index contributed by atoms with van der Waals surface area (Å²) in [5.74, 6) is 1.04. The van der Waals surface area contributed by atoms with Crippen LogP contribution in [0.3, 0.4) is 0 Å². The molecule has 0 aliphatic rings. The Morgan fingerprint density at radius 1 is 1.03 bits per heavy atom. The van der Waals surface area contributed by atoms with E-state index in [0.29, 0.717) is 17.9 Å². The lowest BCUT2D eigenvalue weighted by Crippen LogP contribution is -2.24. The van der Waals surface area contributed by atoms with E-state index in [1.807, 2.05) is 59.3 Å². The fourth-order valence-corrected chi connectivity index (χ4v) is 3.08. The van der Waals surface area contributed by atoms with Crippen molar-refractivity contribution in [3.8, 4) is 11.4 Å². The fourth-order valence-electron chi connectivity index (χ4n) is 3.08. The van der Waals surface area contributed by atoms with Gasteiger partial charge in [0.2, 0.25) is 0 Å². The molecule has 0 fully saturated rings. The smallest absolute Gasteiger partial charge is 0.255 e. The van der Waals surface area contributed by atoms with Gasteiger partial charge in [0.15, 0.2) is 0 Å². The van der Waals surface area contributed by atoms with E-state index in [9.17, 15) is 4.79 Å². The SMILES string of the molecule is COc1ccc(Nc2ncccc2C(=O)NCc2ccccc2-n2ccnc2)cc1. The van der Waals surface area contributed by atoms with Crippen molar-refractivity contribution < 1.29 is 9.53 Å². The Bertz CT molecular complexity index is 1120. The van der Waals surface area contributed by atoms with Crippen LogP contribution in [0.15, 0.2) is 85.6 Å². The van der Waals surface area contributed by atoms with Crippen LogP contribution >= 0.6 is 0 Å². The molecule has 2 N–H and O–H groups in total. The highest BCUT2D eigenvalue weighted by molar-refractivity contribution is 5.99. The van der Waals surface area contributed by atoms with E-state index < -0.39 is 0 Å². The van der Waals surface area contributed by atoms with Crippen molar-refractivity contribution in [3.63, 3.8) is 0 Å². The Morgan fingerprint density at radius 2 is 1.87 bits per heavy atom. The first kappa shape index (κ1) is 19.2. The Morgan fingerprint density at radius 3 is 2.63 bits per heavy atom. The third-order valence-electron chi connectivity index (χ3n) is 4.62. The lowest BCUT2D eigenvalue weighted by Gasteiger charge is -2.13. The number of aromatic nitrogens is 3. The van der Waals surface area contributed by atoms with Crippen LogP contribution in [0, 0.1) is 0 Å². The molecule has 4 rings (SSSR count). The maximum Gasteiger partial charge on any atom is 0.255 e. The summed E-state index contributed by atoms with van der Waals surface area (Å²) in [5.41, 5.74) is 3.23. The van der Waals surface area contributed by atoms with Gasteiger partial charge in [0.05, 0.1) is 24.7 Å². The first-order valence-electron chi connectivity index (χ1n) is 9.45. The molecule has 0 unspecified atom stereocenters. The molecular formula is C23H21N5O2. The van der Waals surface area contributed by atoms with E-state index in [2.05, 4.69) is 20.6 Å². The van der Waals surface area contributed by atoms with Crippen molar-refractivity contribution in [3.05, 3.63) is 96.7 Å². The molecule has 0 saturated carbocycles. The number of nitrogens with one attached hydrogen (secondary N) is 2. The summed E-state index contributed by atoms with van der Waals surface area (Å²) in [5, 5.41) is 6.19. The van der Waals surface area contributed by atoms with Crippen LogP contribution in [0.25, 0.3) is 5.69 Å². The lowest BCUT2D eigenvalue weighted by atomic mass is 10.1. The van der Waals surface area contributed by atoms with Crippen molar-refractivity contribution in [2.75, 3.05) is 12.4 Å². The molecule has 150 valence electrons. The predicted octanol–water partition coefficient (Wildman–Crippen LogP) is 3.95. The fraction of sp³-hybridized carbons (Fsp3) is 0.0870. The second-order valence-electron chi connectivity index (χ2n) is 6.53. The van der Waals surface area contributed by atoms with E-state index in [1.165, 1.54) is 0 Å². The van der Waals surface area contributed by atoms with Gasteiger partial charge in [-0.05, 0) is 48.0 Å². The van der Waals surface area contributed by atoms with Crippen LogP contribution in [-0.2, 0) is 6.54 Å². The second kappa shape index (κ2) is 8.91. The zero-order valence-electron chi connectivity index (χ0n) is 16.4. The molecule has 0 saturated heterocycles. The number of ether oxygens (including phenoxy) is 1.